The van der Waals surface area contributed by atoms with Gasteiger partial charge in [0.15, 0.2) is 0 Å². The molecular weight excluding hydrogens is 397 g/mol. The van der Waals surface area contributed by atoms with E-state index in [9.17, 15) is 21.6 Å². The molecule has 11 heteroatoms. The molecule has 1 saturated heterocycles. The van der Waals surface area contributed by atoms with Crippen molar-refractivity contribution >= 4 is 10.0 Å². The van der Waals surface area contributed by atoms with E-state index < -0.39 is 21.8 Å². The molecule has 1 aromatic heterocycles. The molecule has 2 aromatic rings. The fourth-order valence-corrected chi connectivity index (χ4v) is 4.80. The van der Waals surface area contributed by atoms with Crippen molar-refractivity contribution in [3.63, 3.8) is 0 Å². The molecule has 0 saturated carbocycles. The highest BCUT2D eigenvalue weighted by Crippen LogP contribution is 2.32. The van der Waals surface area contributed by atoms with E-state index in [1.165, 1.54) is 10.4 Å². The second-order valence-corrected chi connectivity index (χ2v) is 8.50. The minimum absolute atomic E-state index is 0.0369. The number of methoxy groups -OCH3 is 1. The van der Waals surface area contributed by atoms with Crippen molar-refractivity contribution in [1.82, 2.24) is 19.1 Å². The zero-order valence-corrected chi connectivity index (χ0v) is 16.1. The van der Waals surface area contributed by atoms with E-state index in [0.717, 1.165) is 18.0 Å². The van der Waals surface area contributed by atoms with Crippen LogP contribution in [0.5, 0.6) is 0 Å². The average molecular weight is 418 g/mol. The van der Waals surface area contributed by atoms with Gasteiger partial charge < -0.3 is 9.30 Å². The standard InChI is InChI=1S/C17H21F3N4O3S/c1-27-10-7-16-22-21-12-24(16)14-5-8-23(9-6-14)28(25,26)15-4-2-3-13(11-15)17(18,19)20/h2-4,11-12,14H,5-10H2,1H3. The molecule has 0 amide bonds. The first-order valence-corrected chi connectivity index (χ1v) is 10.2. The van der Waals surface area contributed by atoms with Gasteiger partial charge in [-0.2, -0.15) is 17.5 Å². The van der Waals surface area contributed by atoms with Crippen LogP contribution in [0.1, 0.15) is 30.3 Å². The van der Waals surface area contributed by atoms with E-state index in [-0.39, 0.29) is 24.0 Å². The smallest absolute Gasteiger partial charge is 0.384 e. The molecule has 154 valence electrons. The molecule has 0 atom stereocenters. The van der Waals surface area contributed by atoms with Crippen LogP contribution >= 0.6 is 0 Å². The Morgan fingerprint density at radius 1 is 1.25 bits per heavy atom. The van der Waals surface area contributed by atoms with E-state index in [0.29, 0.717) is 31.9 Å². The second-order valence-electron chi connectivity index (χ2n) is 6.56. The third kappa shape index (κ3) is 4.36. The van der Waals surface area contributed by atoms with Crippen LogP contribution in [0.2, 0.25) is 0 Å². The van der Waals surface area contributed by atoms with Crippen LogP contribution in [0.4, 0.5) is 13.2 Å². The highest BCUT2D eigenvalue weighted by molar-refractivity contribution is 7.89. The maximum Gasteiger partial charge on any atom is 0.416 e. The highest BCUT2D eigenvalue weighted by atomic mass is 32.2. The van der Waals surface area contributed by atoms with Crippen LogP contribution in [0.15, 0.2) is 35.5 Å². The first-order valence-electron chi connectivity index (χ1n) is 8.78. The summed E-state index contributed by atoms with van der Waals surface area (Å²) in [6.45, 7) is 0.928. The van der Waals surface area contributed by atoms with Crippen LogP contribution < -0.4 is 0 Å². The van der Waals surface area contributed by atoms with Gasteiger partial charge in [0.1, 0.15) is 12.2 Å². The van der Waals surface area contributed by atoms with Crippen molar-refractivity contribution in [2.24, 2.45) is 0 Å². The van der Waals surface area contributed by atoms with Crippen molar-refractivity contribution in [3.8, 4) is 0 Å². The number of piperidine rings is 1. The lowest BCUT2D eigenvalue weighted by Gasteiger charge is -2.32. The summed E-state index contributed by atoms with van der Waals surface area (Å²) >= 11 is 0. The summed E-state index contributed by atoms with van der Waals surface area (Å²) in [6.07, 6.45) is -1.33. The number of alkyl halides is 3. The molecule has 1 aromatic carbocycles. The Bertz CT molecular complexity index is 906. The Kier molecular flexibility index (Phi) is 6.06. The van der Waals surface area contributed by atoms with Crippen molar-refractivity contribution in [1.29, 1.82) is 0 Å². The monoisotopic (exact) mass is 418 g/mol. The number of ether oxygens (including phenoxy) is 1. The molecule has 0 spiro atoms. The predicted molar refractivity (Wildman–Crippen MR) is 94.1 cm³/mol. The fraction of sp³-hybridized carbons (Fsp3) is 0.529. The molecule has 3 rings (SSSR count). The number of benzene rings is 1. The van der Waals surface area contributed by atoms with Crippen LogP contribution in [0.3, 0.4) is 0 Å². The molecule has 0 N–H and O–H groups in total. The maximum atomic E-state index is 12.9. The van der Waals surface area contributed by atoms with Gasteiger partial charge >= 0.3 is 6.18 Å². The lowest BCUT2D eigenvalue weighted by atomic mass is 10.1. The van der Waals surface area contributed by atoms with Crippen LogP contribution in [0.25, 0.3) is 0 Å². The van der Waals surface area contributed by atoms with Crippen LogP contribution in [-0.4, -0.2) is 54.3 Å². The minimum atomic E-state index is -4.59. The zero-order valence-electron chi connectivity index (χ0n) is 15.3. The van der Waals surface area contributed by atoms with Crippen LogP contribution in [0, 0.1) is 0 Å². The van der Waals surface area contributed by atoms with E-state index in [1.54, 1.807) is 13.4 Å². The molecule has 1 aliphatic heterocycles. The largest absolute Gasteiger partial charge is 0.416 e. The third-order valence-electron chi connectivity index (χ3n) is 4.79. The minimum Gasteiger partial charge on any atom is -0.384 e. The summed E-state index contributed by atoms with van der Waals surface area (Å²) in [5, 5.41) is 7.99. The lowest BCUT2D eigenvalue weighted by molar-refractivity contribution is -0.137. The summed E-state index contributed by atoms with van der Waals surface area (Å²) in [7, 11) is -2.39. The van der Waals surface area contributed by atoms with Gasteiger partial charge in [-0.15, -0.1) is 10.2 Å². The summed E-state index contributed by atoms with van der Waals surface area (Å²) in [5.41, 5.74) is -0.976. The van der Waals surface area contributed by atoms with Gasteiger partial charge in [0.2, 0.25) is 10.0 Å². The molecule has 1 fully saturated rings. The molecule has 0 unspecified atom stereocenters. The zero-order chi connectivity index (χ0) is 20.4. The predicted octanol–water partition coefficient (Wildman–Crippen LogP) is 2.51. The van der Waals surface area contributed by atoms with Gasteiger partial charge in [0.05, 0.1) is 17.1 Å². The quantitative estimate of drug-likeness (QED) is 0.721. The number of nitrogens with zero attached hydrogens (tertiary/aromatic N) is 4. The van der Waals surface area contributed by atoms with E-state index in [1.807, 2.05) is 4.57 Å². The lowest BCUT2D eigenvalue weighted by Crippen LogP contribution is -2.39. The normalized spacial score (nSPS) is 17.1. The van der Waals surface area contributed by atoms with Gasteiger partial charge in [-0.1, -0.05) is 6.07 Å². The van der Waals surface area contributed by atoms with Gasteiger partial charge in [-0.05, 0) is 31.0 Å². The Balaban J connectivity index is 1.72. The summed E-state index contributed by atoms with van der Waals surface area (Å²) < 4.78 is 72.5. The SMILES string of the molecule is COCCc1nncn1C1CCN(S(=O)(=O)c2cccc(C(F)(F)F)c2)CC1. The summed E-state index contributed by atoms with van der Waals surface area (Å²) in [4.78, 5) is -0.342. The number of halogens is 3. The topological polar surface area (TPSA) is 77.3 Å². The van der Waals surface area contributed by atoms with E-state index >= 15 is 0 Å². The van der Waals surface area contributed by atoms with Gasteiger partial charge in [0.25, 0.3) is 0 Å². The van der Waals surface area contributed by atoms with E-state index in [2.05, 4.69) is 10.2 Å². The van der Waals surface area contributed by atoms with E-state index in [4.69, 9.17) is 4.74 Å². The third-order valence-corrected chi connectivity index (χ3v) is 6.69. The van der Waals surface area contributed by atoms with Crippen molar-refractivity contribution in [2.75, 3.05) is 26.8 Å². The molecule has 7 nitrogen and oxygen atoms in total. The van der Waals surface area contributed by atoms with Crippen molar-refractivity contribution < 1.29 is 26.3 Å². The number of sulfonamides is 1. The molecule has 0 aliphatic carbocycles. The average Bonchev–Trinajstić information content (AvgIpc) is 3.14. The van der Waals surface area contributed by atoms with Crippen molar-refractivity contribution in [3.05, 3.63) is 42.0 Å². The maximum absolute atomic E-state index is 12.9. The van der Waals surface area contributed by atoms with Crippen molar-refractivity contribution in [2.45, 2.75) is 36.4 Å². The number of hydrogen-bond donors (Lipinski definition) is 0. The number of rotatable bonds is 6. The number of hydrogen-bond acceptors (Lipinski definition) is 5. The molecule has 1 aliphatic rings. The Morgan fingerprint density at radius 3 is 2.61 bits per heavy atom. The van der Waals surface area contributed by atoms with Gasteiger partial charge in [-0.25, -0.2) is 8.42 Å². The molecule has 0 bridgehead atoms. The summed E-state index contributed by atoms with van der Waals surface area (Å²) in [6, 6.07) is 3.89. The van der Waals surface area contributed by atoms with Crippen LogP contribution in [-0.2, 0) is 27.4 Å². The Labute approximate surface area is 161 Å². The number of aromatic nitrogens is 3. The van der Waals surface area contributed by atoms with Gasteiger partial charge in [-0.3, -0.25) is 0 Å². The molecule has 0 radical (unpaired) electrons. The second kappa shape index (κ2) is 8.18. The first kappa shape index (κ1) is 20.7. The first-order chi connectivity index (χ1) is 13.2. The Hall–Kier alpha value is -1.98. The molecular formula is C17H21F3N4O3S. The Morgan fingerprint density at radius 2 is 1.96 bits per heavy atom. The highest BCUT2D eigenvalue weighted by Gasteiger charge is 2.34. The fourth-order valence-electron chi connectivity index (χ4n) is 3.29. The van der Waals surface area contributed by atoms with Gasteiger partial charge in [0, 0.05) is 32.7 Å². The molecule has 28 heavy (non-hydrogen) atoms. The summed E-state index contributed by atoms with van der Waals surface area (Å²) in [5.74, 6) is 0.765. The molecule has 2 heterocycles.